The standard InChI is InChI=1S/C11H16ClNO/c1-9-5-4-6-10(11(9,12)14)13-7-2-3-8-13/h4-6,9,14H,2-3,7-8H2,1H3. The molecule has 2 unspecified atom stereocenters. The Kier molecular flexibility index (Phi) is 2.58. The van der Waals surface area contributed by atoms with Gasteiger partial charge in [-0.15, -0.1) is 0 Å². The van der Waals surface area contributed by atoms with Gasteiger partial charge in [-0.25, -0.2) is 0 Å². The molecule has 3 heteroatoms. The molecule has 0 spiro atoms. The summed E-state index contributed by atoms with van der Waals surface area (Å²) in [7, 11) is 0. The third-order valence-corrected chi connectivity index (χ3v) is 3.60. The van der Waals surface area contributed by atoms with E-state index in [0.29, 0.717) is 0 Å². The number of nitrogens with zero attached hydrogens (tertiary/aromatic N) is 1. The van der Waals surface area contributed by atoms with Crippen LogP contribution in [0.15, 0.2) is 23.9 Å². The number of halogens is 1. The first kappa shape index (κ1) is 10.1. The largest absolute Gasteiger partial charge is 0.371 e. The van der Waals surface area contributed by atoms with Crippen molar-refractivity contribution >= 4 is 11.6 Å². The summed E-state index contributed by atoms with van der Waals surface area (Å²) in [5.41, 5.74) is 0.867. The summed E-state index contributed by atoms with van der Waals surface area (Å²) in [5.74, 6) is -0.0234. The summed E-state index contributed by atoms with van der Waals surface area (Å²) < 4.78 is 0. The lowest BCUT2D eigenvalue weighted by Crippen LogP contribution is -2.40. The van der Waals surface area contributed by atoms with Crippen LogP contribution < -0.4 is 0 Å². The minimum atomic E-state index is -1.21. The summed E-state index contributed by atoms with van der Waals surface area (Å²) in [4.78, 5) is 2.19. The molecule has 2 aliphatic rings. The zero-order valence-electron chi connectivity index (χ0n) is 8.41. The molecule has 1 N–H and O–H groups in total. The first-order valence-corrected chi connectivity index (χ1v) is 5.55. The van der Waals surface area contributed by atoms with Gasteiger partial charge in [0.05, 0.1) is 5.70 Å². The average Bonchev–Trinajstić information content (AvgIpc) is 2.62. The van der Waals surface area contributed by atoms with Gasteiger partial charge in [0.25, 0.3) is 0 Å². The molecule has 0 saturated carbocycles. The minimum absolute atomic E-state index is 0.0234. The van der Waals surface area contributed by atoms with Crippen LogP contribution in [0.2, 0.25) is 0 Å². The molecule has 78 valence electrons. The van der Waals surface area contributed by atoms with Gasteiger partial charge in [-0.3, -0.25) is 0 Å². The Hall–Kier alpha value is -0.470. The van der Waals surface area contributed by atoms with E-state index in [2.05, 4.69) is 4.90 Å². The van der Waals surface area contributed by atoms with E-state index >= 15 is 0 Å². The smallest absolute Gasteiger partial charge is 0.185 e. The lowest BCUT2D eigenvalue weighted by Gasteiger charge is -2.36. The highest BCUT2D eigenvalue weighted by Gasteiger charge is 2.39. The quantitative estimate of drug-likeness (QED) is 0.675. The number of rotatable bonds is 1. The maximum absolute atomic E-state index is 10.2. The van der Waals surface area contributed by atoms with Crippen molar-refractivity contribution in [1.82, 2.24) is 4.90 Å². The van der Waals surface area contributed by atoms with Crippen LogP contribution in [0.5, 0.6) is 0 Å². The zero-order valence-corrected chi connectivity index (χ0v) is 9.17. The van der Waals surface area contributed by atoms with E-state index in [1.165, 1.54) is 12.8 Å². The Balaban J connectivity index is 2.23. The van der Waals surface area contributed by atoms with Gasteiger partial charge in [0.15, 0.2) is 5.06 Å². The molecule has 1 aliphatic heterocycles. The predicted octanol–water partition coefficient (Wildman–Crippen LogP) is 2.10. The molecule has 0 aromatic rings. The summed E-state index contributed by atoms with van der Waals surface area (Å²) in [6, 6.07) is 0. The molecule has 1 heterocycles. The van der Waals surface area contributed by atoms with Crippen molar-refractivity contribution in [2.75, 3.05) is 13.1 Å². The van der Waals surface area contributed by atoms with Gasteiger partial charge in [0.2, 0.25) is 0 Å². The summed E-state index contributed by atoms with van der Waals surface area (Å²) in [6.45, 7) is 3.97. The number of alkyl halides is 1. The van der Waals surface area contributed by atoms with Crippen LogP contribution in [0, 0.1) is 5.92 Å². The van der Waals surface area contributed by atoms with Gasteiger partial charge >= 0.3 is 0 Å². The second-order valence-electron chi connectivity index (χ2n) is 4.09. The van der Waals surface area contributed by atoms with Crippen LogP contribution in [0.4, 0.5) is 0 Å². The Bertz CT molecular complexity index is 277. The Labute approximate surface area is 89.9 Å². The second kappa shape index (κ2) is 3.59. The van der Waals surface area contributed by atoms with Crippen molar-refractivity contribution in [2.45, 2.75) is 24.8 Å². The molecule has 2 atom stereocenters. The molecule has 2 nitrogen and oxygen atoms in total. The minimum Gasteiger partial charge on any atom is -0.371 e. The van der Waals surface area contributed by atoms with Gasteiger partial charge in [-0.05, 0) is 18.9 Å². The van der Waals surface area contributed by atoms with E-state index in [1.807, 2.05) is 25.2 Å². The van der Waals surface area contributed by atoms with Gasteiger partial charge in [0.1, 0.15) is 0 Å². The van der Waals surface area contributed by atoms with E-state index in [4.69, 9.17) is 11.6 Å². The molecular formula is C11H16ClNO. The van der Waals surface area contributed by atoms with E-state index in [-0.39, 0.29) is 5.92 Å². The monoisotopic (exact) mass is 213 g/mol. The summed E-state index contributed by atoms with van der Waals surface area (Å²) >= 11 is 6.16. The number of hydrogen-bond donors (Lipinski definition) is 1. The fourth-order valence-electron chi connectivity index (χ4n) is 2.08. The maximum atomic E-state index is 10.2. The molecule has 0 amide bonds. The molecule has 0 radical (unpaired) electrons. The van der Waals surface area contributed by atoms with Gasteiger partial charge in [-0.1, -0.05) is 30.7 Å². The number of allylic oxidation sites excluding steroid dienone is 2. The fraction of sp³-hybridized carbons (Fsp3) is 0.636. The third kappa shape index (κ3) is 1.57. The first-order chi connectivity index (χ1) is 6.62. The van der Waals surface area contributed by atoms with Crippen molar-refractivity contribution in [3.05, 3.63) is 23.9 Å². The Morgan fingerprint density at radius 2 is 2.14 bits per heavy atom. The maximum Gasteiger partial charge on any atom is 0.185 e. The second-order valence-corrected chi connectivity index (χ2v) is 4.67. The molecule has 1 saturated heterocycles. The van der Waals surface area contributed by atoms with Crippen molar-refractivity contribution in [3.8, 4) is 0 Å². The molecule has 2 rings (SSSR count). The highest BCUT2D eigenvalue weighted by Crippen LogP contribution is 2.37. The SMILES string of the molecule is CC1C=CC=C(N2CCCC2)C1(O)Cl. The van der Waals surface area contributed by atoms with Crippen molar-refractivity contribution in [2.24, 2.45) is 5.92 Å². The normalized spacial score (nSPS) is 37.5. The Morgan fingerprint density at radius 1 is 1.50 bits per heavy atom. The lowest BCUT2D eigenvalue weighted by atomic mass is 9.95. The van der Waals surface area contributed by atoms with E-state index in [9.17, 15) is 5.11 Å². The average molecular weight is 214 g/mol. The molecule has 0 aromatic heterocycles. The van der Waals surface area contributed by atoms with Gasteiger partial charge < -0.3 is 10.0 Å². The Morgan fingerprint density at radius 3 is 2.79 bits per heavy atom. The van der Waals surface area contributed by atoms with Crippen molar-refractivity contribution < 1.29 is 5.11 Å². The van der Waals surface area contributed by atoms with E-state index < -0.39 is 5.06 Å². The molecule has 0 aromatic carbocycles. The van der Waals surface area contributed by atoms with E-state index in [0.717, 1.165) is 18.8 Å². The molecule has 1 fully saturated rings. The van der Waals surface area contributed by atoms with Crippen molar-refractivity contribution in [3.63, 3.8) is 0 Å². The number of hydrogen-bond acceptors (Lipinski definition) is 2. The lowest BCUT2D eigenvalue weighted by molar-refractivity contribution is 0.0951. The highest BCUT2D eigenvalue weighted by molar-refractivity contribution is 6.25. The van der Waals surface area contributed by atoms with Gasteiger partial charge in [0, 0.05) is 19.0 Å². The molecule has 0 bridgehead atoms. The zero-order chi connectivity index (χ0) is 10.2. The van der Waals surface area contributed by atoms with Crippen LogP contribution in [-0.2, 0) is 0 Å². The van der Waals surface area contributed by atoms with Crippen molar-refractivity contribution in [1.29, 1.82) is 0 Å². The predicted molar refractivity (Wildman–Crippen MR) is 58.0 cm³/mol. The molecular weight excluding hydrogens is 198 g/mol. The highest BCUT2D eigenvalue weighted by atomic mass is 35.5. The fourth-order valence-corrected chi connectivity index (χ4v) is 2.33. The summed E-state index contributed by atoms with van der Waals surface area (Å²) in [5, 5.41) is 8.96. The van der Waals surface area contributed by atoms with E-state index in [1.54, 1.807) is 0 Å². The number of aliphatic hydroxyl groups is 1. The topological polar surface area (TPSA) is 23.5 Å². The van der Waals surface area contributed by atoms with Crippen LogP contribution in [-0.4, -0.2) is 28.2 Å². The third-order valence-electron chi connectivity index (χ3n) is 3.06. The van der Waals surface area contributed by atoms with Crippen LogP contribution in [0.25, 0.3) is 0 Å². The molecule has 1 aliphatic carbocycles. The van der Waals surface area contributed by atoms with Crippen LogP contribution >= 0.6 is 11.6 Å². The van der Waals surface area contributed by atoms with Gasteiger partial charge in [-0.2, -0.15) is 0 Å². The summed E-state index contributed by atoms with van der Waals surface area (Å²) in [6.07, 6.45) is 8.24. The van der Waals surface area contributed by atoms with Crippen LogP contribution in [0.3, 0.4) is 0 Å². The first-order valence-electron chi connectivity index (χ1n) is 5.17. The number of likely N-dealkylation sites (tertiary alicyclic amines) is 1. The van der Waals surface area contributed by atoms with Crippen LogP contribution in [0.1, 0.15) is 19.8 Å². The molecule has 14 heavy (non-hydrogen) atoms.